The highest BCUT2D eigenvalue weighted by Crippen LogP contribution is 2.36. The number of halogens is 2. The zero-order valence-corrected chi connectivity index (χ0v) is 30.5. The lowest BCUT2D eigenvalue weighted by molar-refractivity contribution is -0.140. The Morgan fingerprint density at radius 2 is 1.55 bits per heavy atom. The van der Waals surface area contributed by atoms with Crippen LogP contribution in [0.3, 0.4) is 0 Å². The molecule has 0 unspecified atom stereocenters. The maximum atomic E-state index is 14.8. The summed E-state index contributed by atoms with van der Waals surface area (Å²) in [5, 5.41) is 3.63. The molecule has 0 aliphatic carbocycles. The molecule has 4 rings (SSSR count). The van der Waals surface area contributed by atoms with E-state index in [1.54, 1.807) is 42.5 Å². The number of sulfonamides is 1. The smallest absolute Gasteiger partial charge is 0.264 e. The third-order valence-corrected chi connectivity index (χ3v) is 10.7. The van der Waals surface area contributed by atoms with Crippen LogP contribution in [0.5, 0.6) is 11.5 Å². The lowest BCUT2D eigenvalue weighted by atomic mass is 10.0. The number of benzene rings is 4. The highest BCUT2D eigenvalue weighted by atomic mass is 35.5. The molecule has 4 aromatic carbocycles. The van der Waals surface area contributed by atoms with Crippen molar-refractivity contribution >= 4 is 50.7 Å². The molecule has 2 atom stereocenters. The first kappa shape index (κ1) is 37.6. The van der Waals surface area contributed by atoms with Gasteiger partial charge >= 0.3 is 0 Å². The van der Waals surface area contributed by atoms with Crippen LogP contribution in [-0.4, -0.2) is 58.0 Å². The summed E-state index contributed by atoms with van der Waals surface area (Å²) in [4.78, 5) is 30.2. The Balaban J connectivity index is 1.88. The summed E-state index contributed by atoms with van der Waals surface area (Å²) < 4.78 is 40.9. The number of hydrogen-bond acceptors (Lipinski definition) is 6. The molecule has 9 nitrogen and oxygen atoms in total. The molecule has 2 amide bonds. The second-order valence-electron chi connectivity index (χ2n) is 11.7. The number of hydrogen-bond donors (Lipinski definition) is 1. The second kappa shape index (κ2) is 16.9. The molecular formula is C37H41Cl2N3O6S. The number of methoxy groups -OCH3 is 2. The van der Waals surface area contributed by atoms with Crippen molar-refractivity contribution in [1.82, 2.24) is 10.2 Å². The zero-order chi connectivity index (χ0) is 35.7. The molecule has 0 saturated carbocycles. The molecule has 4 aromatic rings. The van der Waals surface area contributed by atoms with Gasteiger partial charge in [0.05, 0.1) is 34.8 Å². The van der Waals surface area contributed by atoms with E-state index in [-0.39, 0.29) is 46.3 Å². The van der Waals surface area contributed by atoms with Crippen molar-refractivity contribution in [1.29, 1.82) is 0 Å². The molecule has 1 N–H and O–H groups in total. The van der Waals surface area contributed by atoms with E-state index in [2.05, 4.69) is 5.32 Å². The molecule has 0 heterocycles. The normalized spacial score (nSPS) is 12.5. The predicted octanol–water partition coefficient (Wildman–Crippen LogP) is 7.07. The number of ether oxygens (including phenoxy) is 2. The van der Waals surface area contributed by atoms with Crippen molar-refractivity contribution in [3.63, 3.8) is 0 Å². The third kappa shape index (κ3) is 9.47. The van der Waals surface area contributed by atoms with Gasteiger partial charge in [0.1, 0.15) is 24.1 Å². The largest absolute Gasteiger partial charge is 0.497 e. The lowest BCUT2D eigenvalue weighted by Gasteiger charge is -2.34. The number of carbonyl (C=O) groups is 2. The summed E-state index contributed by atoms with van der Waals surface area (Å²) in [6, 6.07) is 24.1. The standard InChI is InChI=1S/C37H41Cl2N3O6S/c1-6-26(3)40-37(44)34(21-27-10-8-7-9-11-27)41(23-28-14-18-31(38)32(39)20-28)36(43)24-42(33-22-29(47-4)15-19-35(33)48-5)49(45,46)30-16-12-25(2)13-17-30/h7-20,22,26,34H,6,21,23-24H2,1-5H3,(H,40,44)/t26-,34-/m1/s1. The van der Waals surface area contributed by atoms with Crippen LogP contribution in [0.25, 0.3) is 0 Å². The fourth-order valence-corrected chi connectivity index (χ4v) is 6.91. The molecule has 0 spiro atoms. The Bertz CT molecular complexity index is 1860. The van der Waals surface area contributed by atoms with Crippen LogP contribution >= 0.6 is 23.2 Å². The van der Waals surface area contributed by atoms with E-state index in [9.17, 15) is 18.0 Å². The quantitative estimate of drug-likeness (QED) is 0.141. The van der Waals surface area contributed by atoms with Crippen LogP contribution in [-0.2, 0) is 32.6 Å². The number of nitrogens with one attached hydrogen (secondary N) is 1. The molecule has 0 aliphatic rings. The van der Waals surface area contributed by atoms with Crippen LogP contribution in [0.15, 0.2) is 95.9 Å². The second-order valence-corrected chi connectivity index (χ2v) is 14.3. The van der Waals surface area contributed by atoms with Crippen molar-refractivity contribution in [2.24, 2.45) is 0 Å². The average molecular weight is 727 g/mol. The molecule has 0 radical (unpaired) electrons. The first-order valence-electron chi connectivity index (χ1n) is 15.8. The number of aryl methyl sites for hydroxylation is 1. The van der Waals surface area contributed by atoms with Crippen LogP contribution < -0.4 is 19.1 Å². The predicted molar refractivity (Wildman–Crippen MR) is 194 cm³/mol. The zero-order valence-electron chi connectivity index (χ0n) is 28.2. The summed E-state index contributed by atoms with van der Waals surface area (Å²) >= 11 is 12.6. The van der Waals surface area contributed by atoms with Gasteiger partial charge in [-0.2, -0.15) is 0 Å². The Morgan fingerprint density at radius 3 is 2.16 bits per heavy atom. The van der Waals surface area contributed by atoms with Gasteiger partial charge in [-0.05, 0) is 67.8 Å². The Labute approximate surface area is 298 Å². The fraction of sp³-hybridized carbons (Fsp3) is 0.297. The van der Waals surface area contributed by atoms with E-state index in [1.807, 2.05) is 51.1 Å². The number of rotatable bonds is 15. The van der Waals surface area contributed by atoms with E-state index in [4.69, 9.17) is 32.7 Å². The molecule has 0 aliphatic heterocycles. The SMILES string of the molecule is CC[C@@H](C)NC(=O)[C@@H](Cc1ccccc1)N(Cc1ccc(Cl)c(Cl)c1)C(=O)CN(c1cc(OC)ccc1OC)S(=O)(=O)c1ccc(C)cc1. The monoisotopic (exact) mass is 725 g/mol. The van der Waals surface area contributed by atoms with Crippen molar-refractivity contribution in [2.75, 3.05) is 25.1 Å². The molecule has 12 heteroatoms. The molecule has 0 aromatic heterocycles. The van der Waals surface area contributed by atoms with Gasteiger partial charge in [0.15, 0.2) is 0 Å². The minimum absolute atomic E-state index is 0.0258. The maximum absolute atomic E-state index is 14.8. The Morgan fingerprint density at radius 1 is 0.857 bits per heavy atom. The molecule has 49 heavy (non-hydrogen) atoms. The molecule has 0 fully saturated rings. The van der Waals surface area contributed by atoms with Crippen molar-refractivity contribution in [3.8, 4) is 11.5 Å². The maximum Gasteiger partial charge on any atom is 0.264 e. The number of anilines is 1. The van der Waals surface area contributed by atoms with Crippen LogP contribution in [0, 0.1) is 6.92 Å². The van der Waals surface area contributed by atoms with Crippen molar-refractivity contribution in [2.45, 2.75) is 57.1 Å². The van der Waals surface area contributed by atoms with E-state index in [0.29, 0.717) is 22.8 Å². The van der Waals surface area contributed by atoms with E-state index in [1.165, 1.54) is 37.3 Å². The molecular weight excluding hydrogens is 685 g/mol. The highest BCUT2D eigenvalue weighted by Gasteiger charge is 2.36. The first-order chi connectivity index (χ1) is 23.4. The summed E-state index contributed by atoms with van der Waals surface area (Å²) in [6.07, 6.45) is 0.839. The summed E-state index contributed by atoms with van der Waals surface area (Å²) in [5.74, 6) is -0.448. The minimum atomic E-state index is -4.36. The van der Waals surface area contributed by atoms with Crippen LogP contribution in [0.1, 0.15) is 37.0 Å². The Kier molecular flexibility index (Phi) is 13.0. The van der Waals surface area contributed by atoms with Gasteiger partial charge in [-0.25, -0.2) is 8.42 Å². The average Bonchev–Trinajstić information content (AvgIpc) is 3.10. The summed E-state index contributed by atoms with van der Waals surface area (Å²) in [7, 11) is -1.49. The fourth-order valence-electron chi connectivity index (χ4n) is 5.17. The van der Waals surface area contributed by atoms with Gasteiger partial charge in [0, 0.05) is 25.1 Å². The third-order valence-electron chi connectivity index (χ3n) is 8.15. The number of amides is 2. The van der Waals surface area contributed by atoms with Gasteiger partial charge in [-0.3, -0.25) is 13.9 Å². The summed E-state index contributed by atoms with van der Waals surface area (Å²) in [5.41, 5.74) is 2.37. The van der Waals surface area contributed by atoms with Crippen LogP contribution in [0.2, 0.25) is 10.0 Å². The van der Waals surface area contributed by atoms with Crippen LogP contribution in [0.4, 0.5) is 5.69 Å². The van der Waals surface area contributed by atoms with Gasteiger partial charge in [0.25, 0.3) is 10.0 Å². The summed E-state index contributed by atoms with van der Waals surface area (Å²) in [6.45, 7) is 4.96. The van der Waals surface area contributed by atoms with Gasteiger partial charge < -0.3 is 19.7 Å². The number of carbonyl (C=O) groups excluding carboxylic acids is 2. The van der Waals surface area contributed by atoms with Gasteiger partial charge in [0.2, 0.25) is 11.8 Å². The lowest BCUT2D eigenvalue weighted by Crippen LogP contribution is -2.54. The molecule has 0 saturated heterocycles. The van der Waals surface area contributed by atoms with E-state index < -0.39 is 28.5 Å². The van der Waals surface area contributed by atoms with E-state index in [0.717, 1.165) is 15.4 Å². The Hall–Kier alpha value is -4.25. The first-order valence-corrected chi connectivity index (χ1v) is 18.0. The number of nitrogens with zero attached hydrogens (tertiary/aromatic N) is 2. The van der Waals surface area contributed by atoms with Gasteiger partial charge in [-0.15, -0.1) is 0 Å². The van der Waals surface area contributed by atoms with Crippen molar-refractivity contribution in [3.05, 3.63) is 118 Å². The minimum Gasteiger partial charge on any atom is -0.497 e. The van der Waals surface area contributed by atoms with Crippen molar-refractivity contribution < 1.29 is 27.5 Å². The molecule has 260 valence electrons. The topological polar surface area (TPSA) is 105 Å². The highest BCUT2D eigenvalue weighted by molar-refractivity contribution is 7.92. The van der Waals surface area contributed by atoms with E-state index >= 15 is 0 Å². The molecule has 0 bridgehead atoms. The van der Waals surface area contributed by atoms with Gasteiger partial charge in [-0.1, -0.05) is 84.2 Å².